The Hall–Kier alpha value is -0.870. The minimum Gasteiger partial charge on any atom is -0.337 e. The number of hydrogen-bond acceptors (Lipinski definition) is 3. The molecule has 2 N–H and O–H groups in total. The first-order chi connectivity index (χ1) is 9.28. The first-order valence-electron chi connectivity index (χ1n) is 7.65. The summed E-state index contributed by atoms with van der Waals surface area (Å²) in [5, 5.41) is 0. The van der Waals surface area contributed by atoms with Crippen molar-refractivity contribution in [3.05, 3.63) is 18.2 Å². The molecule has 1 fully saturated rings. The van der Waals surface area contributed by atoms with Crippen LogP contribution in [0.15, 0.2) is 12.4 Å². The molecular formula is C16H30N4. The molecule has 114 valence electrons. The molecule has 0 aliphatic heterocycles. The highest BCUT2D eigenvalue weighted by atomic mass is 15.2. The molecule has 1 saturated carbocycles. The van der Waals surface area contributed by atoms with Gasteiger partial charge in [0.2, 0.25) is 0 Å². The number of hydrogen-bond donors (Lipinski definition) is 1. The van der Waals surface area contributed by atoms with Gasteiger partial charge in [-0.3, -0.25) is 4.90 Å². The standard InChI is InChI=1S/C16H30N4/c1-13-8-15(2,3)11-16(9-13,12-17)20(5)10-14-18-6-7-19(14)4/h6-7,13H,8-12,17H2,1-5H3. The maximum absolute atomic E-state index is 6.22. The number of rotatable bonds is 4. The molecule has 0 saturated heterocycles. The smallest absolute Gasteiger partial charge is 0.122 e. The molecular weight excluding hydrogens is 248 g/mol. The van der Waals surface area contributed by atoms with E-state index in [9.17, 15) is 0 Å². The van der Waals surface area contributed by atoms with Gasteiger partial charge in [0.1, 0.15) is 5.82 Å². The van der Waals surface area contributed by atoms with Crippen LogP contribution in [0.1, 0.15) is 45.9 Å². The van der Waals surface area contributed by atoms with Gasteiger partial charge in [0, 0.05) is 31.5 Å². The van der Waals surface area contributed by atoms with E-state index in [1.54, 1.807) is 0 Å². The molecule has 20 heavy (non-hydrogen) atoms. The third-order valence-electron chi connectivity index (χ3n) is 4.93. The van der Waals surface area contributed by atoms with Gasteiger partial charge in [-0.05, 0) is 37.6 Å². The Bertz CT molecular complexity index is 451. The molecule has 1 aliphatic rings. The molecule has 0 spiro atoms. The summed E-state index contributed by atoms with van der Waals surface area (Å²) in [6.45, 7) is 8.70. The zero-order valence-electron chi connectivity index (χ0n) is 13.7. The van der Waals surface area contributed by atoms with Crippen LogP contribution < -0.4 is 5.73 Å². The van der Waals surface area contributed by atoms with Gasteiger partial charge in [-0.2, -0.15) is 0 Å². The lowest BCUT2D eigenvalue weighted by atomic mass is 9.63. The maximum Gasteiger partial charge on any atom is 0.122 e. The molecule has 1 aliphatic carbocycles. The lowest BCUT2D eigenvalue weighted by Gasteiger charge is -2.51. The third kappa shape index (κ3) is 3.07. The second-order valence-electron chi connectivity index (χ2n) is 7.59. The Labute approximate surface area is 123 Å². The van der Waals surface area contributed by atoms with E-state index in [0.29, 0.717) is 5.41 Å². The van der Waals surface area contributed by atoms with Crippen LogP contribution in [-0.4, -0.2) is 33.6 Å². The van der Waals surface area contributed by atoms with Crippen molar-refractivity contribution in [2.45, 2.75) is 52.1 Å². The van der Waals surface area contributed by atoms with E-state index >= 15 is 0 Å². The second kappa shape index (κ2) is 5.49. The van der Waals surface area contributed by atoms with Gasteiger partial charge in [0.15, 0.2) is 0 Å². The van der Waals surface area contributed by atoms with Gasteiger partial charge < -0.3 is 10.3 Å². The summed E-state index contributed by atoms with van der Waals surface area (Å²) in [6.07, 6.45) is 7.53. The minimum atomic E-state index is 0.104. The van der Waals surface area contributed by atoms with Crippen LogP contribution in [0.25, 0.3) is 0 Å². The fourth-order valence-electron chi connectivity index (χ4n) is 4.23. The van der Waals surface area contributed by atoms with Crippen molar-refractivity contribution in [3.63, 3.8) is 0 Å². The summed E-state index contributed by atoms with van der Waals surface area (Å²) in [4.78, 5) is 6.89. The summed E-state index contributed by atoms with van der Waals surface area (Å²) < 4.78 is 2.10. The summed E-state index contributed by atoms with van der Waals surface area (Å²) >= 11 is 0. The van der Waals surface area contributed by atoms with Crippen LogP contribution in [0.2, 0.25) is 0 Å². The number of likely N-dealkylation sites (N-methyl/N-ethyl adjacent to an activating group) is 1. The van der Waals surface area contributed by atoms with E-state index in [1.165, 1.54) is 19.3 Å². The highest BCUT2D eigenvalue weighted by Gasteiger charge is 2.44. The van der Waals surface area contributed by atoms with Crippen molar-refractivity contribution < 1.29 is 0 Å². The van der Waals surface area contributed by atoms with Gasteiger partial charge in [-0.1, -0.05) is 20.8 Å². The summed E-state index contributed by atoms with van der Waals surface area (Å²) in [7, 11) is 4.26. The van der Waals surface area contributed by atoms with E-state index in [0.717, 1.165) is 24.8 Å². The Kier molecular flexibility index (Phi) is 4.26. The van der Waals surface area contributed by atoms with Crippen LogP contribution in [0, 0.1) is 11.3 Å². The van der Waals surface area contributed by atoms with E-state index < -0.39 is 0 Å². The molecule has 2 atom stereocenters. The van der Waals surface area contributed by atoms with Gasteiger partial charge in [-0.25, -0.2) is 4.98 Å². The van der Waals surface area contributed by atoms with Crippen molar-refractivity contribution >= 4 is 0 Å². The van der Waals surface area contributed by atoms with Crippen LogP contribution in [-0.2, 0) is 13.6 Å². The first-order valence-corrected chi connectivity index (χ1v) is 7.65. The van der Waals surface area contributed by atoms with Crippen LogP contribution in [0.5, 0.6) is 0 Å². The SMILES string of the molecule is CC1CC(C)(C)CC(CN)(N(C)Cc2nccn2C)C1. The highest BCUT2D eigenvalue weighted by molar-refractivity contribution is 5.02. The molecule has 1 heterocycles. The number of nitrogens with two attached hydrogens (primary N) is 1. The largest absolute Gasteiger partial charge is 0.337 e. The minimum absolute atomic E-state index is 0.104. The van der Waals surface area contributed by atoms with E-state index in [1.807, 2.05) is 12.4 Å². The fraction of sp³-hybridized carbons (Fsp3) is 0.812. The van der Waals surface area contributed by atoms with E-state index in [-0.39, 0.29) is 5.54 Å². The lowest BCUT2D eigenvalue weighted by molar-refractivity contribution is -0.00272. The highest BCUT2D eigenvalue weighted by Crippen LogP contribution is 2.46. The van der Waals surface area contributed by atoms with E-state index in [4.69, 9.17) is 5.73 Å². The molecule has 0 amide bonds. The molecule has 4 nitrogen and oxygen atoms in total. The number of aryl methyl sites for hydroxylation is 1. The molecule has 2 unspecified atom stereocenters. The van der Waals surface area contributed by atoms with Crippen molar-refractivity contribution in [1.82, 2.24) is 14.5 Å². The van der Waals surface area contributed by atoms with Crippen molar-refractivity contribution in [2.24, 2.45) is 24.1 Å². The maximum atomic E-state index is 6.22. The van der Waals surface area contributed by atoms with Gasteiger partial charge in [0.25, 0.3) is 0 Å². The monoisotopic (exact) mass is 278 g/mol. The van der Waals surface area contributed by atoms with Gasteiger partial charge in [-0.15, -0.1) is 0 Å². The molecule has 0 bridgehead atoms. The molecule has 4 heteroatoms. The quantitative estimate of drug-likeness (QED) is 0.920. The Morgan fingerprint density at radius 1 is 1.45 bits per heavy atom. The van der Waals surface area contributed by atoms with Gasteiger partial charge in [0.05, 0.1) is 6.54 Å². The van der Waals surface area contributed by atoms with Crippen LogP contribution in [0.3, 0.4) is 0 Å². The predicted molar refractivity (Wildman–Crippen MR) is 83.3 cm³/mol. The van der Waals surface area contributed by atoms with Gasteiger partial charge >= 0.3 is 0 Å². The Morgan fingerprint density at radius 3 is 2.65 bits per heavy atom. The average Bonchev–Trinajstić information content (AvgIpc) is 2.72. The Balaban J connectivity index is 2.19. The first kappa shape index (κ1) is 15.5. The van der Waals surface area contributed by atoms with Crippen molar-refractivity contribution in [2.75, 3.05) is 13.6 Å². The summed E-state index contributed by atoms with van der Waals surface area (Å²) in [5.41, 5.74) is 6.69. The third-order valence-corrected chi connectivity index (χ3v) is 4.93. The number of imidazole rings is 1. The van der Waals surface area contributed by atoms with Crippen LogP contribution >= 0.6 is 0 Å². The normalized spacial score (nSPS) is 29.9. The molecule has 2 rings (SSSR count). The molecule has 0 radical (unpaired) electrons. The van der Waals surface area contributed by atoms with Crippen molar-refractivity contribution in [1.29, 1.82) is 0 Å². The zero-order chi connectivity index (χ0) is 15.0. The average molecular weight is 278 g/mol. The molecule has 0 aromatic carbocycles. The predicted octanol–water partition coefficient (Wildman–Crippen LogP) is 2.40. The van der Waals surface area contributed by atoms with E-state index in [2.05, 4.69) is 49.3 Å². The molecule has 1 aromatic heterocycles. The Morgan fingerprint density at radius 2 is 2.15 bits per heavy atom. The van der Waals surface area contributed by atoms with Crippen LogP contribution in [0.4, 0.5) is 0 Å². The zero-order valence-corrected chi connectivity index (χ0v) is 13.7. The number of nitrogens with zero attached hydrogens (tertiary/aromatic N) is 3. The fourth-order valence-corrected chi connectivity index (χ4v) is 4.23. The summed E-state index contributed by atoms with van der Waals surface area (Å²) in [5.74, 6) is 1.84. The summed E-state index contributed by atoms with van der Waals surface area (Å²) in [6, 6.07) is 0. The molecule has 1 aromatic rings. The number of aromatic nitrogens is 2. The lowest BCUT2D eigenvalue weighted by Crippen LogP contribution is -2.57. The van der Waals surface area contributed by atoms with Crippen molar-refractivity contribution in [3.8, 4) is 0 Å². The second-order valence-corrected chi connectivity index (χ2v) is 7.59. The topological polar surface area (TPSA) is 47.1 Å².